The molecule has 1 heterocycles. The normalized spacial score (nSPS) is 10.5. The molecule has 6 heteroatoms. The predicted molar refractivity (Wildman–Crippen MR) is 80.7 cm³/mol. The molecule has 0 spiro atoms. The third kappa shape index (κ3) is 3.86. The zero-order chi connectivity index (χ0) is 15.4. The monoisotopic (exact) mass is 306 g/mol. The first kappa shape index (κ1) is 15.1. The fourth-order valence-corrected chi connectivity index (χ4v) is 1.90. The van der Waals surface area contributed by atoms with Crippen LogP contribution >= 0.6 is 11.6 Å². The zero-order valence-corrected chi connectivity index (χ0v) is 12.4. The standard InChI is InChI=1S/C15H15ClN2O3/c1-9(2)17-14(19)10-3-5-11(6-4-10)18-15(20)12-7-8-21-13(12)16/h3-9H,1-2H3,(H,17,19)(H,18,20). The number of nitrogens with one attached hydrogen (secondary N) is 2. The second-order valence-corrected chi connectivity index (χ2v) is 5.11. The van der Waals surface area contributed by atoms with E-state index in [2.05, 4.69) is 10.6 Å². The summed E-state index contributed by atoms with van der Waals surface area (Å²) in [6.07, 6.45) is 1.34. The van der Waals surface area contributed by atoms with Crippen LogP contribution < -0.4 is 10.6 Å². The summed E-state index contributed by atoms with van der Waals surface area (Å²) in [5.41, 5.74) is 1.36. The molecule has 0 saturated heterocycles. The van der Waals surface area contributed by atoms with Crippen molar-refractivity contribution < 1.29 is 14.0 Å². The SMILES string of the molecule is CC(C)NC(=O)c1ccc(NC(=O)c2ccoc2Cl)cc1. The van der Waals surface area contributed by atoms with Crippen LogP contribution in [0.25, 0.3) is 0 Å². The first-order valence-electron chi connectivity index (χ1n) is 6.42. The Balaban J connectivity index is 2.04. The van der Waals surface area contributed by atoms with E-state index in [1.54, 1.807) is 24.3 Å². The topological polar surface area (TPSA) is 71.3 Å². The molecule has 0 bridgehead atoms. The van der Waals surface area contributed by atoms with Gasteiger partial charge in [-0.1, -0.05) is 0 Å². The van der Waals surface area contributed by atoms with E-state index < -0.39 is 0 Å². The zero-order valence-electron chi connectivity index (χ0n) is 11.6. The molecule has 21 heavy (non-hydrogen) atoms. The van der Waals surface area contributed by atoms with Crippen LogP contribution in [0, 0.1) is 0 Å². The molecule has 1 aromatic carbocycles. The Kier molecular flexibility index (Phi) is 4.65. The van der Waals surface area contributed by atoms with Crippen molar-refractivity contribution in [2.45, 2.75) is 19.9 Å². The highest BCUT2D eigenvalue weighted by Gasteiger charge is 2.13. The van der Waals surface area contributed by atoms with E-state index in [0.29, 0.717) is 11.3 Å². The molecule has 0 atom stereocenters. The first-order chi connectivity index (χ1) is 9.97. The molecule has 2 N–H and O–H groups in total. The van der Waals surface area contributed by atoms with Gasteiger partial charge in [0.05, 0.1) is 11.8 Å². The second kappa shape index (κ2) is 6.45. The van der Waals surface area contributed by atoms with Crippen molar-refractivity contribution in [3.05, 3.63) is 52.9 Å². The smallest absolute Gasteiger partial charge is 0.260 e. The van der Waals surface area contributed by atoms with Crippen LogP contribution in [0.4, 0.5) is 5.69 Å². The lowest BCUT2D eigenvalue weighted by atomic mass is 10.2. The van der Waals surface area contributed by atoms with E-state index in [1.807, 2.05) is 13.8 Å². The van der Waals surface area contributed by atoms with Crippen molar-refractivity contribution in [2.24, 2.45) is 0 Å². The summed E-state index contributed by atoms with van der Waals surface area (Å²) in [5.74, 6) is -0.520. The Labute approximate surface area is 127 Å². The van der Waals surface area contributed by atoms with Crippen molar-refractivity contribution in [1.82, 2.24) is 5.32 Å². The molecular weight excluding hydrogens is 292 g/mol. The van der Waals surface area contributed by atoms with Crippen LogP contribution in [0.15, 0.2) is 41.0 Å². The summed E-state index contributed by atoms with van der Waals surface area (Å²) in [7, 11) is 0. The highest BCUT2D eigenvalue weighted by molar-refractivity contribution is 6.32. The first-order valence-corrected chi connectivity index (χ1v) is 6.80. The van der Waals surface area contributed by atoms with Crippen molar-refractivity contribution >= 4 is 29.1 Å². The van der Waals surface area contributed by atoms with Crippen LogP contribution in [-0.4, -0.2) is 17.9 Å². The summed E-state index contributed by atoms with van der Waals surface area (Å²) in [6, 6.07) is 8.15. The van der Waals surface area contributed by atoms with Gasteiger partial charge < -0.3 is 15.1 Å². The molecule has 0 unspecified atom stereocenters. The average Bonchev–Trinajstić information content (AvgIpc) is 2.85. The van der Waals surface area contributed by atoms with Gasteiger partial charge in [0.25, 0.3) is 11.8 Å². The number of carbonyl (C=O) groups excluding carboxylic acids is 2. The van der Waals surface area contributed by atoms with Gasteiger partial charge in [-0.05, 0) is 55.8 Å². The predicted octanol–water partition coefficient (Wildman–Crippen LogP) is 3.32. The summed E-state index contributed by atoms with van der Waals surface area (Å²) in [4.78, 5) is 23.7. The van der Waals surface area contributed by atoms with Crippen LogP contribution in [-0.2, 0) is 0 Å². The van der Waals surface area contributed by atoms with E-state index in [0.717, 1.165) is 0 Å². The molecule has 0 fully saturated rings. The average molecular weight is 307 g/mol. The van der Waals surface area contributed by atoms with Gasteiger partial charge in [-0.15, -0.1) is 0 Å². The van der Waals surface area contributed by atoms with Crippen molar-refractivity contribution in [3.63, 3.8) is 0 Å². The summed E-state index contributed by atoms with van der Waals surface area (Å²) in [6.45, 7) is 3.78. The van der Waals surface area contributed by atoms with Gasteiger partial charge in [0.15, 0.2) is 0 Å². The van der Waals surface area contributed by atoms with Crippen LogP contribution in [0.2, 0.25) is 5.22 Å². The molecule has 0 radical (unpaired) electrons. The third-order valence-corrected chi connectivity index (χ3v) is 2.98. The van der Waals surface area contributed by atoms with E-state index in [-0.39, 0.29) is 28.6 Å². The Morgan fingerprint density at radius 1 is 1.10 bits per heavy atom. The minimum absolute atomic E-state index is 0.0421. The lowest BCUT2D eigenvalue weighted by Crippen LogP contribution is -2.30. The van der Waals surface area contributed by atoms with Crippen LogP contribution in [0.3, 0.4) is 0 Å². The molecule has 1 aromatic heterocycles. The molecular formula is C15H15ClN2O3. The van der Waals surface area contributed by atoms with E-state index in [1.165, 1.54) is 12.3 Å². The molecule has 0 aliphatic heterocycles. The maximum absolute atomic E-state index is 11.9. The number of hydrogen-bond acceptors (Lipinski definition) is 3. The fourth-order valence-electron chi connectivity index (χ4n) is 1.70. The summed E-state index contributed by atoms with van der Waals surface area (Å²) >= 11 is 5.74. The quantitative estimate of drug-likeness (QED) is 0.910. The van der Waals surface area contributed by atoms with E-state index >= 15 is 0 Å². The minimum Gasteiger partial charge on any atom is -0.452 e. The number of carbonyl (C=O) groups is 2. The number of halogens is 1. The molecule has 0 saturated carbocycles. The molecule has 0 aliphatic carbocycles. The highest BCUT2D eigenvalue weighted by Crippen LogP contribution is 2.18. The van der Waals surface area contributed by atoms with Gasteiger partial charge in [-0.2, -0.15) is 0 Å². The maximum atomic E-state index is 11.9. The Bertz CT molecular complexity index is 647. The Morgan fingerprint density at radius 3 is 2.29 bits per heavy atom. The number of rotatable bonds is 4. The molecule has 5 nitrogen and oxygen atoms in total. The lowest BCUT2D eigenvalue weighted by Gasteiger charge is -2.09. The van der Waals surface area contributed by atoms with Crippen molar-refractivity contribution in [2.75, 3.05) is 5.32 Å². The second-order valence-electron chi connectivity index (χ2n) is 4.77. The number of benzene rings is 1. The molecule has 2 aromatic rings. The number of hydrogen-bond donors (Lipinski definition) is 2. The maximum Gasteiger partial charge on any atom is 0.260 e. The van der Waals surface area contributed by atoms with Gasteiger partial charge in [0.1, 0.15) is 0 Å². The Hall–Kier alpha value is -2.27. The largest absolute Gasteiger partial charge is 0.452 e. The number of anilines is 1. The summed E-state index contributed by atoms with van der Waals surface area (Å²) < 4.78 is 4.86. The summed E-state index contributed by atoms with van der Waals surface area (Å²) in [5, 5.41) is 5.51. The molecule has 2 rings (SSSR count). The number of furan rings is 1. The van der Waals surface area contributed by atoms with Crippen molar-refractivity contribution in [3.8, 4) is 0 Å². The van der Waals surface area contributed by atoms with Gasteiger partial charge >= 0.3 is 0 Å². The van der Waals surface area contributed by atoms with Gasteiger partial charge in [-0.25, -0.2) is 0 Å². The highest BCUT2D eigenvalue weighted by atomic mass is 35.5. The third-order valence-electron chi connectivity index (χ3n) is 2.69. The van der Waals surface area contributed by atoms with E-state index in [9.17, 15) is 9.59 Å². The molecule has 0 aliphatic rings. The van der Waals surface area contributed by atoms with Gasteiger partial charge in [0, 0.05) is 17.3 Å². The molecule has 110 valence electrons. The van der Waals surface area contributed by atoms with Gasteiger partial charge in [-0.3, -0.25) is 9.59 Å². The Morgan fingerprint density at radius 2 is 1.76 bits per heavy atom. The van der Waals surface area contributed by atoms with E-state index in [4.69, 9.17) is 16.0 Å². The lowest BCUT2D eigenvalue weighted by molar-refractivity contribution is 0.0942. The minimum atomic E-state index is -0.367. The fraction of sp³-hybridized carbons (Fsp3) is 0.200. The molecule has 2 amide bonds. The van der Waals surface area contributed by atoms with Crippen LogP contribution in [0.5, 0.6) is 0 Å². The van der Waals surface area contributed by atoms with Crippen molar-refractivity contribution in [1.29, 1.82) is 0 Å². The van der Waals surface area contributed by atoms with Gasteiger partial charge in [0.2, 0.25) is 5.22 Å². The van der Waals surface area contributed by atoms with Crippen LogP contribution in [0.1, 0.15) is 34.6 Å². The number of amides is 2.